The molecule has 2 aliphatic heterocycles. The van der Waals surface area contributed by atoms with E-state index in [4.69, 9.17) is 9.47 Å². The van der Waals surface area contributed by atoms with Gasteiger partial charge in [-0.2, -0.15) is 0 Å². The monoisotopic (exact) mass is 425 g/mol. The molecule has 0 N–H and O–H groups in total. The van der Waals surface area contributed by atoms with Crippen LogP contribution >= 0.6 is 0 Å². The van der Waals surface area contributed by atoms with Gasteiger partial charge in [-0.25, -0.2) is 4.39 Å². The molecule has 4 aromatic carbocycles. The van der Waals surface area contributed by atoms with Gasteiger partial charge in [0.15, 0.2) is 11.5 Å². The van der Waals surface area contributed by atoms with Gasteiger partial charge in [-0.15, -0.1) is 0 Å². The third kappa shape index (κ3) is 3.01. The number of rotatable bonds is 3. The van der Waals surface area contributed by atoms with E-state index >= 15 is 0 Å². The van der Waals surface area contributed by atoms with Crippen molar-refractivity contribution in [2.24, 2.45) is 0 Å². The summed E-state index contributed by atoms with van der Waals surface area (Å²) in [6.07, 6.45) is 0.301. The molecule has 0 aliphatic carbocycles. The highest BCUT2D eigenvalue weighted by Crippen LogP contribution is 2.46. The lowest BCUT2D eigenvalue weighted by Crippen LogP contribution is -2.36. The molecule has 4 aromatic rings. The molecule has 2 heterocycles. The van der Waals surface area contributed by atoms with Crippen LogP contribution in [0.15, 0.2) is 78.9 Å². The van der Waals surface area contributed by atoms with Gasteiger partial charge in [0.05, 0.1) is 6.54 Å². The number of carbonyl (C=O) groups is 1. The summed E-state index contributed by atoms with van der Waals surface area (Å²) in [5.41, 5.74) is 3.41. The van der Waals surface area contributed by atoms with Gasteiger partial charge in [0.1, 0.15) is 5.82 Å². The van der Waals surface area contributed by atoms with E-state index in [2.05, 4.69) is 12.1 Å². The molecule has 0 saturated heterocycles. The van der Waals surface area contributed by atoms with Gasteiger partial charge in [0.2, 0.25) is 12.7 Å². The van der Waals surface area contributed by atoms with Crippen molar-refractivity contribution in [3.63, 3.8) is 0 Å². The third-order valence-electron chi connectivity index (χ3n) is 6.35. The van der Waals surface area contributed by atoms with Crippen LogP contribution in [-0.2, 0) is 11.3 Å². The number of fused-ring (bicyclic) bond motifs is 4. The topological polar surface area (TPSA) is 38.8 Å². The zero-order chi connectivity index (χ0) is 21.7. The average molecular weight is 425 g/mol. The molecule has 0 fully saturated rings. The molecule has 2 aliphatic rings. The second-order valence-electron chi connectivity index (χ2n) is 8.16. The van der Waals surface area contributed by atoms with Gasteiger partial charge in [-0.05, 0) is 46.2 Å². The number of benzene rings is 4. The summed E-state index contributed by atoms with van der Waals surface area (Å²) in [7, 11) is 0. The summed E-state index contributed by atoms with van der Waals surface area (Å²) in [4.78, 5) is 15.1. The predicted molar refractivity (Wildman–Crippen MR) is 121 cm³/mol. The van der Waals surface area contributed by atoms with Gasteiger partial charge in [0.25, 0.3) is 0 Å². The van der Waals surface area contributed by atoms with Gasteiger partial charge in [-0.3, -0.25) is 4.79 Å². The molecular weight excluding hydrogens is 405 g/mol. The van der Waals surface area contributed by atoms with Crippen LogP contribution in [0.2, 0.25) is 0 Å². The van der Waals surface area contributed by atoms with Crippen molar-refractivity contribution in [1.82, 2.24) is 0 Å². The van der Waals surface area contributed by atoms with Crippen LogP contribution in [0.5, 0.6) is 11.5 Å². The highest BCUT2D eigenvalue weighted by atomic mass is 19.1. The Balaban J connectivity index is 1.52. The lowest BCUT2D eigenvalue weighted by molar-refractivity contribution is -0.119. The highest BCUT2D eigenvalue weighted by Gasteiger charge is 2.34. The fourth-order valence-corrected chi connectivity index (χ4v) is 4.79. The van der Waals surface area contributed by atoms with Gasteiger partial charge < -0.3 is 14.4 Å². The van der Waals surface area contributed by atoms with Crippen LogP contribution in [0.4, 0.5) is 10.1 Å². The molecule has 158 valence electrons. The Kier molecular flexibility index (Phi) is 4.35. The molecule has 0 bridgehead atoms. The number of hydrogen-bond acceptors (Lipinski definition) is 3. The molecule has 0 saturated carbocycles. The van der Waals surface area contributed by atoms with E-state index in [1.807, 2.05) is 42.5 Å². The lowest BCUT2D eigenvalue weighted by Gasteiger charge is -2.35. The summed E-state index contributed by atoms with van der Waals surface area (Å²) in [5, 5.41) is 2.20. The third-order valence-corrected chi connectivity index (χ3v) is 6.35. The Bertz CT molecular complexity index is 1370. The van der Waals surface area contributed by atoms with Crippen molar-refractivity contribution in [3.05, 3.63) is 101 Å². The van der Waals surface area contributed by atoms with E-state index < -0.39 is 0 Å². The summed E-state index contributed by atoms with van der Waals surface area (Å²) in [6, 6.07) is 24.7. The lowest BCUT2D eigenvalue weighted by atomic mass is 9.81. The van der Waals surface area contributed by atoms with Crippen LogP contribution in [0, 0.1) is 5.82 Å². The largest absolute Gasteiger partial charge is 0.454 e. The van der Waals surface area contributed by atoms with Crippen molar-refractivity contribution in [2.45, 2.75) is 18.9 Å². The second-order valence-corrected chi connectivity index (χ2v) is 8.16. The number of carbonyl (C=O) groups excluding carboxylic acids is 1. The van der Waals surface area contributed by atoms with Gasteiger partial charge in [0, 0.05) is 23.6 Å². The fourth-order valence-electron chi connectivity index (χ4n) is 4.79. The zero-order valence-corrected chi connectivity index (χ0v) is 17.3. The SMILES string of the molecule is O=C1CC(c2ccc3c(c2)OCO3)c2c(ccc3ccccc23)N1Cc1ccccc1F. The van der Waals surface area contributed by atoms with Gasteiger partial charge >= 0.3 is 0 Å². The maximum absolute atomic E-state index is 14.4. The van der Waals surface area contributed by atoms with Crippen LogP contribution in [0.25, 0.3) is 10.8 Å². The maximum Gasteiger partial charge on any atom is 0.231 e. The summed E-state index contributed by atoms with van der Waals surface area (Å²) in [5.74, 6) is 0.954. The number of amides is 1. The zero-order valence-electron chi connectivity index (χ0n) is 17.3. The van der Waals surface area contributed by atoms with Gasteiger partial charge in [-0.1, -0.05) is 54.6 Å². The molecule has 1 unspecified atom stereocenters. The normalized spacial score (nSPS) is 17.0. The number of halogens is 1. The van der Waals surface area contributed by atoms with Crippen LogP contribution in [0.3, 0.4) is 0 Å². The minimum atomic E-state index is -0.305. The van der Waals surface area contributed by atoms with Crippen molar-refractivity contribution < 1.29 is 18.7 Å². The smallest absolute Gasteiger partial charge is 0.231 e. The Hall–Kier alpha value is -3.86. The molecular formula is C27H20FNO3. The molecule has 1 amide bonds. The first-order chi connectivity index (χ1) is 15.7. The predicted octanol–water partition coefficient (Wildman–Crippen LogP) is 5.78. The highest BCUT2D eigenvalue weighted by molar-refractivity contribution is 6.03. The molecule has 4 nitrogen and oxygen atoms in total. The maximum atomic E-state index is 14.4. The molecule has 0 aromatic heterocycles. The first kappa shape index (κ1) is 18.9. The average Bonchev–Trinajstić information content (AvgIpc) is 3.29. The fraction of sp³-hybridized carbons (Fsp3) is 0.148. The van der Waals surface area contributed by atoms with Crippen LogP contribution < -0.4 is 14.4 Å². The van der Waals surface area contributed by atoms with Crippen LogP contribution in [-0.4, -0.2) is 12.7 Å². The van der Waals surface area contributed by atoms with Crippen molar-refractivity contribution in [1.29, 1.82) is 0 Å². The van der Waals surface area contributed by atoms with Crippen LogP contribution in [0.1, 0.15) is 29.0 Å². The Morgan fingerprint density at radius 3 is 2.62 bits per heavy atom. The van der Waals surface area contributed by atoms with E-state index in [1.54, 1.807) is 23.1 Å². The van der Waals surface area contributed by atoms with E-state index in [0.29, 0.717) is 17.7 Å². The minimum absolute atomic E-state index is 0.0290. The summed E-state index contributed by atoms with van der Waals surface area (Å²) < 4.78 is 25.5. The van der Waals surface area contributed by atoms with Crippen molar-refractivity contribution in [2.75, 3.05) is 11.7 Å². The first-order valence-corrected chi connectivity index (χ1v) is 10.6. The Morgan fingerprint density at radius 2 is 1.72 bits per heavy atom. The van der Waals surface area contributed by atoms with Crippen molar-refractivity contribution >= 4 is 22.4 Å². The molecule has 5 heteroatoms. The number of ether oxygens (including phenoxy) is 2. The minimum Gasteiger partial charge on any atom is -0.454 e. The molecule has 0 spiro atoms. The Labute approximate surface area is 184 Å². The summed E-state index contributed by atoms with van der Waals surface area (Å²) >= 11 is 0. The first-order valence-electron chi connectivity index (χ1n) is 10.6. The number of nitrogens with zero attached hydrogens (tertiary/aromatic N) is 1. The van der Waals surface area contributed by atoms with Crippen molar-refractivity contribution in [3.8, 4) is 11.5 Å². The van der Waals surface area contributed by atoms with E-state index in [0.717, 1.165) is 33.3 Å². The molecule has 0 radical (unpaired) electrons. The van der Waals surface area contributed by atoms with E-state index in [9.17, 15) is 9.18 Å². The quantitative estimate of drug-likeness (QED) is 0.418. The van der Waals surface area contributed by atoms with E-state index in [-0.39, 0.29) is 31.0 Å². The Morgan fingerprint density at radius 1 is 0.906 bits per heavy atom. The summed E-state index contributed by atoms with van der Waals surface area (Å²) in [6.45, 7) is 0.406. The standard InChI is InChI=1S/C27H20FNO3/c28-22-8-4-2-6-19(22)15-29-23-11-9-17-5-1-3-7-20(17)27(23)21(14-26(29)30)18-10-12-24-25(13-18)32-16-31-24/h1-13,21H,14-16H2. The molecule has 1 atom stereocenters. The second kappa shape index (κ2) is 7.38. The van der Waals surface area contributed by atoms with E-state index in [1.165, 1.54) is 6.07 Å². The number of hydrogen-bond donors (Lipinski definition) is 0. The molecule has 6 rings (SSSR count). The molecule has 32 heavy (non-hydrogen) atoms. The number of anilines is 1.